The van der Waals surface area contributed by atoms with Gasteiger partial charge in [-0.05, 0) is 55.2 Å². The van der Waals surface area contributed by atoms with Gasteiger partial charge in [-0.15, -0.1) is 0 Å². The van der Waals surface area contributed by atoms with E-state index in [2.05, 4.69) is 20.8 Å². The van der Waals surface area contributed by atoms with E-state index in [9.17, 15) is 10.2 Å². The van der Waals surface area contributed by atoms with E-state index >= 15 is 0 Å². The Bertz CT molecular complexity index is 512. The number of hydrogen-bond acceptors (Lipinski definition) is 4. The van der Waals surface area contributed by atoms with E-state index in [1.165, 1.54) is 19.3 Å². The number of aliphatic hydroxyl groups excluding tert-OH is 1. The Balaban J connectivity index is 2.40. The SMILES string of the molecule is CCC(N)(CO)CCc1ccc(OCCC(C)CCCC(C)C)c(O)c1. The Morgan fingerprint density at radius 2 is 1.88 bits per heavy atom. The highest BCUT2D eigenvalue weighted by atomic mass is 16.5. The standard InChI is InChI=1S/C22H39NO3/c1-5-22(23,16-24)13-11-19-9-10-21(20(25)15-19)26-14-12-18(4)8-6-7-17(2)3/h9-10,15,17-18,24-25H,5-8,11-14,16,23H2,1-4H3. The van der Waals surface area contributed by atoms with Crippen molar-refractivity contribution in [2.45, 2.75) is 78.2 Å². The number of aromatic hydroxyl groups is 1. The summed E-state index contributed by atoms with van der Waals surface area (Å²) in [5.74, 6) is 2.13. The summed E-state index contributed by atoms with van der Waals surface area (Å²) in [6.07, 6.45) is 6.93. The van der Waals surface area contributed by atoms with Crippen LogP contribution in [0.1, 0.15) is 71.8 Å². The highest BCUT2D eigenvalue weighted by Crippen LogP contribution is 2.28. The molecule has 0 fully saturated rings. The fraction of sp³-hybridized carbons (Fsp3) is 0.727. The zero-order valence-corrected chi connectivity index (χ0v) is 17.1. The number of aryl methyl sites for hydroxylation is 1. The highest BCUT2D eigenvalue weighted by molar-refractivity contribution is 5.41. The van der Waals surface area contributed by atoms with Gasteiger partial charge in [-0.3, -0.25) is 0 Å². The molecule has 0 radical (unpaired) electrons. The Morgan fingerprint density at radius 3 is 2.46 bits per heavy atom. The van der Waals surface area contributed by atoms with Crippen LogP contribution in [0.3, 0.4) is 0 Å². The molecule has 4 heteroatoms. The van der Waals surface area contributed by atoms with Gasteiger partial charge in [0.15, 0.2) is 11.5 Å². The van der Waals surface area contributed by atoms with Gasteiger partial charge in [0, 0.05) is 5.54 Å². The van der Waals surface area contributed by atoms with Gasteiger partial charge in [-0.25, -0.2) is 0 Å². The van der Waals surface area contributed by atoms with Gasteiger partial charge in [-0.2, -0.15) is 0 Å². The molecule has 0 bridgehead atoms. The molecule has 0 saturated carbocycles. The number of nitrogens with two attached hydrogens (primary N) is 1. The summed E-state index contributed by atoms with van der Waals surface area (Å²) < 4.78 is 5.76. The monoisotopic (exact) mass is 365 g/mol. The van der Waals surface area contributed by atoms with Crippen molar-refractivity contribution in [2.24, 2.45) is 17.6 Å². The number of aliphatic hydroxyl groups is 1. The Hall–Kier alpha value is -1.26. The lowest BCUT2D eigenvalue weighted by Gasteiger charge is -2.25. The molecule has 0 amide bonds. The van der Waals surface area contributed by atoms with Crippen LogP contribution in [0.2, 0.25) is 0 Å². The second-order valence-electron chi connectivity index (χ2n) is 8.24. The molecule has 2 unspecified atom stereocenters. The van der Waals surface area contributed by atoms with Gasteiger partial charge in [-0.1, -0.05) is 53.0 Å². The average Bonchev–Trinajstić information content (AvgIpc) is 2.61. The summed E-state index contributed by atoms with van der Waals surface area (Å²) in [5.41, 5.74) is 6.58. The number of hydrogen-bond donors (Lipinski definition) is 3. The first-order chi connectivity index (χ1) is 12.3. The molecule has 0 aliphatic carbocycles. The first-order valence-corrected chi connectivity index (χ1v) is 10.1. The van der Waals surface area contributed by atoms with Crippen molar-refractivity contribution in [3.63, 3.8) is 0 Å². The van der Waals surface area contributed by atoms with Crippen molar-refractivity contribution >= 4 is 0 Å². The van der Waals surface area contributed by atoms with Crippen LogP contribution in [0.5, 0.6) is 11.5 Å². The smallest absolute Gasteiger partial charge is 0.160 e. The summed E-state index contributed by atoms with van der Waals surface area (Å²) in [6.45, 7) is 9.38. The van der Waals surface area contributed by atoms with Crippen LogP contribution in [-0.4, -0.2) is 29.0 Å². The van der Waals surface area contributed by atoms with Gasteiger partial charge in [0.25, 0.3) is 0 Å². The minimum Gasteiger partial charge on any atom is -0.504 e. The number of ether oxygens (including phenoxy) is 1. The first-order valence-electron chi connectivity index (χ1n) is 10.1. The van der Waals surface area contributed by atoms with Gasteiger partial charge in [0.2, 0.25) is 0 Å². The first kappa shape index (κ1) is 22.8. The van der Waals surface area contributed by atoms with E-state index < -0.39 is 5.54 Å². The van der Waals surface area contributed by atoms with Crippen LogP contribution in [0.15, 0.2) is 18.2 Å². The predicted octanol–water partition coefficient (Wildman–Crippen LogP) is 4.66. The van der Waals surface area contributed by atoms with Crippen molar-refractivity contribution in [2.75, 3.05) is 13.2 Å². The second-order valence-corrected chi connectivity index (χ2v) is 8.24. The molecule has 0 saturated heterocycles. The van der Waals surface area contributed by atoms with Crippen LogP contribution >= 0.6 is 0 Å². The average molecular weight is 366 g/mol. The van der Waals surface area contributed by atoms with Gasteiger partial charge >= 0.3 is 0 Å². The summed E-state index contributed by atoms with van der Waals surface area (Å²) in [4.78, 5) is 0. The minimum atomic E-state index is -0.545. The van der Waals surface area contributed by atoms with E-state index in [0.717, 1.165) is 30.7 Å². The fourth-order valence-corrected chi connectivity index (χ4v) is 2.99. The molecule has 2 atom stereocenters. The molecule has 150 valence electrons. The van der Waals surface area contributed by atoms with E-state index in [0.29, 0.717) is 24.7 Å². The van der Waals surface area contributed by atoms with E-state index in [-0.39, 0.29) is 12.4 Å². The quantitative estimate of drug-likeness (QED) is 0.475. The summed E-state index contributed by atoms with van der Waals surface area (Å²) in [7, 11) is 0. The minimum absolute atomic E-state index is 0.0218. The third-order valence-corrected chi connectivity index (χ3v) is 5.30. The van der Waals surface area contributed by atoms with E-state index in [1.807, 2.05) is 19.1 Å². The topological polar surface area (TPSA) is 75.7 Å². The Morgan fingerprint density at radius 1 is 1.15 bits per heavy atom. The molecule has 0 aliphatic heterocycles. The number of phenolic OH excluding ortho intramolecular Hbond substituents is 1. The summed E-state index contributed by atoms with van der Waals surface area (Å²) in [5, 5.41) is 19.6. The van der Waals surface area contributed by atoms with Crippen LogP contribution in [0, 0.1) is 11.8 Å². The van der Waals surface area contributed by atoms with Crippen molar-refractivity contribution in [3.8, 4) is 11.5 Å². The fourth-order valence-electron chi connectivity index (χ4n) is 2.99. The summed E-state index contributed by atoms with van der Waals surface area (Å²) in [6, 6.07) is 5.54. The molecule has 4 N–H and O–H groups in total. The molecular formula is C22H39NO3. The van der Waals surface area contributed by atoms with Gasteiger partial charge < -0.3 is 20.7 Å². The van der Waals surface area contributed by atoms with Crippen molar-refractivity contribution in [1.82, 2.24) is 0 Å². The molecule has 1 rings (SSSR count). The van der Waals surface area contributed by atoms with Crippen molar-refractivity contribution < 1.29 is 14.9 Å². The lowest BCUT2D eigenvalue weighted by Crippen LogP contribution is -2.43. The van der Waals surface area contributed by atoms with Crippen LogP contribution in [0.4, 0.5) is 0 Å². The van der Waals surface area contributed by atoms with Crippen LogP contribution in [0.25, 0.3) is 0 Å². The predicted molar refractivity (Wildman–Crippen MR) is 109 cm³/mol. The molecule has 0 spiro atoms. The Kier molecular flexibility index (Phi) is 10.0. The zero-order chi connectivity index (χ0) is 19.6. The maximum atomic E-state index is 10.2. The number of benzene rings is 1. The van der Waals surface area contributed by atoms with Gasteiger partial charge in [0.05, 0.1) is 13.2 Å². The van der Waals surface area contributed by atoms with Crippen molar-refractivity contribution in [3.05, 3.63) is 23.8 Å². The molecule has 1 aromatic rings. The number of phenols is 1. The molecular weight excluding hydrogens is 326 g/mol. The molecule has 26 heavy (non-hydrogen) atoms. The lowest BCUT2D eigenvalue weighted by atomic mass is 9.90. The van der Waals surface area contributed by atoms with E-state index in [1.54, 1.807) is 6.07 Å². The van der Waals surface area contributed by atoms with Gasteiger partial charge in [0.1, 0.15) is 0 Å². The third kappa shape index (κ3) is 8.41. The van der Waals surface area contributed by atoms with Crippen LogP contribution < -0.4 is 10.5 Å². The molecule has 4 nitrogen and oxygen atoms in total. The second kappa shape index (κ2) is 11.5. The maximum absolute atomic E-state index is 10.2. The zero-order valence-electron chi connectivity index (χ0n) is 17.1. The molecule has 0 aromatic heterocycles. The molecule has 0 heterocycles. The van der Waals surface area contributed by atoms with E-state index in [4.69, 9.17) is 10.5 Å². The number of rotatable bonds is 13. The highest BCUT2D eigenvalue weighted by Gasteiger charge is 2.21. The Labute approximate surface area is 159 Å². The summed E-state index contributed by atoms with van der Waals surface area (Å²) >= 11 is 0. The molecule has 0 aliphatic rings. The largest absolute Gasteiger partial charge is 0.504 e. The maximum Gasteiger partial charge on any atom is 0.160 e. The third-order valence-electron chi connectivity index (χ3n) is 5.30. The lowest BCUT2D eigenvalue weighted by molar-refractivity contribution is 0.183. The van der Waals surface area contributed by atoms with Crippen molar-refractivity contribution in [1.29, 1.82) is 0 Å². The normalized spacial score (nSPS) is 15.0. The molecule has 1 aromatic carbocycles. The van der Waals surface area contributed by atoms with Crippen LogP contribution in [-0.2, 0) is 6.42 Å².